The van der Waals surface area contributed by atoms with Gasteiger partial charge in [-0.3, -0.25) is 9.59 Å². The van der Waals surface area contributed by atoms with Crippen LogP contribution in [0.1, 0.15) is 50.2 Å². The Morgan fingerprint density at radius 1 is 1.03 bits per heavy atom. The van der Waals surface area contributed by atoms with Crippen molar-refractivity contribution in [2.75, 3.05) is 20.3 Å². The van der Waals surface area contributed by atoms with Gasteiger partial charge >= 0.3 is 12.1 Å². The van der Waals surface area contributed by atoms with Gasteiger partial charge in [-0.2, -0.15) is 0 Å². The number of rotatable bonds is 11. The summed E-state index contributed by atoms with van der Waals surface area (Å²) in [5.74, 6) is -1.57. The minimum atomic E-state index is -1.02. The molecule has 34 heavy (non-hydrogen) atoms. The number of ether oxygens (including phenoxy) is 2. The van der Waals surface area contributed by atoms with E-state index in [9.17, 15) is 14.4 Å². The lowest BCUT2D eigenvalue weighted by Gasteiger charge is -2.27. The molecule has 3 N–H and O–H groups in total. The summed E-state index contributed by atoms with van der Waals surface area (Å²) in [5.41, 5.74) is 3.49. The summed E-state index contributed by atoms with van der Waals surface area (Å²) >= 11 is 0. The number of hydrogen-bond acceptors (Lipinski definition) is 5. The van der Waals surface area contributed by atoms with Crippen molar-refractivity contribution in [2.24, 2.45) is 0 Å². The Balaban J connectivity index is 1.65. The molecule has 0 bridgehead atoms. The number of fused-ring (bicyclic) bond motifs is 3. The first-order chi connectivity index (χ1) is 16.2. The third-order valence-corrected chi connectivity index (χ3v) is 5.85. The van der Waals surface area contributed by atoms with E-state index in [0.29, 0.717) is 19.4 Å². The van der Waals surface area contributed by atoms with Crippen LogP contribution in [-0.4, -0.2) is 55.0 Å². The number of amides is 2. The molecule has 8 heteroatoms. The quantitative estimate of drug-likeness (QED) is 0.434. The van der Waals surface area contributed by atoms with Crippen molar-refractivity contribution in [3.05, 3.63) is 59.7 Å². The molecule has 1 aliphatic carbocycles. The second-order valence-corrected chi connectivity index (χ2v) is 9.10. The van der Waals surface area contributed by atoms with Gasteiger partial charge in [0.1, 0.15) is 12.6 Å². The standard InChI is InChI=1S/C26H32N2O6/c1-26(2,15-23(29)30)28-24(31)22(13-8-14-33-3)27-25(32)34-16-21-19-11-6-4-9-17(19)18-10-5-7-12-20(18)21/h4-7,9-12,21-22H,8,13-16H2,1-3H3,(H,27,32)(H,28,31)(H,29,30). The second kappa shape index (κ2) is 11.2. The summed E-state index contributed by atoms with van der Waals surface area (Å²) in [6.07, 6.45) is -0.0745. The van der Waals surface area contributed by atoms with E-state index in [1.807, 2.05) is 36.4 Å². The average molecular weight is 469 g/mol. The molecule has 1 unspecified atom stereocenters. The van der Waals surface area contributed by atoms with E-state index in [-0.39, 0.29) is 18.9 Å². The third-order valence-electron chi connectivity index (χ3n) is 5.85. The second-order valence-electron chi connectivity index (χ2n) is 9.10. The number of methoxy groups -OCH3 is 1. The van der Waals surface area contributed by atoms with Gasteiger partial charge in [-0.05, 0) is 48.9 Å². The maximum absolute atomic E-state index is 12.8. The smallest absolute Gasteiger partial charge is 0.407 e. The summed E-state index contributed by atoms with van der Waals surface area (Å²) in [7, 11) is 1.56. The Bertz CT molecular complexity index is 990. The summed E-state index contributed by atoms with van der Waals surface area (Å²) in [6, 6.07) is 15.2. The van der Waals surface area contributed by atoms with Gasteiger partial charge in [-0.25, -0.2) is 4.79 Å². The molecule has 2 aromatic rings. The van der Waals surface area contributed by atoms with Crippen LogP contribution < -0.4 is 10.6 Å². The first kappa shape index (κ1) is 25.2. The maximum atomic E-state index is 12.8. The van der Waals surface area contributed by atoms with Gasteiger partial charge in [0.2, 0.25) is 5.91 Å². The highest BCUT2D eigenvalue weighted by molar-refractivity contribution is 5.86. The number of carboxylic acid groups (broad SMARTS) is 1. The molecule has 8 nitrogen and oxygen atoms in total. The Morgan fingerprint density at radius 3 is 2.18 bits per heavy atom. The van der Waals surface area contributed by atoms with Crippen LogP contribution in [-0.2, 0) is 19.1 Å². The number of aliphatic carboxylic acids is 1. The minimum Gasteiger partial charge on any atom is -0.481 e. The molecule has 2 aromatic carbocycles. The van der Waals surface area contributed by atoms with Crippen molar-refractivity contribution < 1.29 is 29.0 Å². The predicted molar refractivity (Wildman–Crippen MR) is 128 cm³/mol. The molecule has 0 fully saturated rings. The van der Waals surface area contributed by atoms with Crippen molar-refractivity contribution >= 4 is 18.0 Å². The Hall–Kier alpha value is -3.39. The van der Waals surface area contributed by atoms with Gasteiger partial charge in [0.15, 0.2) is 0 Å². The highest BCUT2D eigenvalue weighted by Crippen LogP contribution is 2.44. The number of nitrogens with one attached hydrogen (secondary N) is 2. The molecule has 0 heterocycles. The van der Waals surface area contributed by atoms with E-state index in [0.717, 1.165) is 22.3 Å². The number of carboxylic acids is 1. The van der Waals surface area contributed by atoms with Crippen LogP contribution in [0.2, 0.25) is 0 Å². The highest BCUT2D eigenvalue weighted by atomic mass is 16.5. The fourth-order valence-corrected chi connectivity index (χ4v) is 4.33. The minimum absolute atomic E-state index is 0.0894. The first-order valence-electron chi connectivity index (χ1n) is 11.4. The summed E-state index contributed by atoms with van der Waals surface area (Å²) < 4.78 is 10.6. The molecule has 0 saturated carbocycles. The topological polar surface area (TPSA) is 114 Å². The Morgan fingerprint density at radius 2 is 1.62 bits per heavy atom. The Kier molecular flexibility index (Phi) is 8.28. The Labute approximate surface area is 199 Å². The number of alkyl carbamates (subject to hydrolysis) is 1. The maximum Gasteiger partial charge on any atom is 0.407 e. The van der Waals surface area contributed by atoms with E-state index in [4.69, 9.17) is 14.6 Å². The van der Waals surface area contributed by atoms with Crippen LogP contribution in [0.15, 0.2) is 48.5 Å². The molecule has 0 spiro atoms. The lowest BCUT2D eigenvalue weighted by molar-refractivity contribution is -0.138. The van der Waals surface area contributed by atoms with Crippen LogP contribution in [0.25, 0.3) is 11.1 Å². The SMILES string of the molecule is COCCCC(NC(=O)OCC1c2ccccc2-c2ccccc21)C(=O)NC(C)(C)CC(=O)O. The predicted octanol–water partition coefficient (Wildman–Crippen LogP) is 3.69. The number of benzene rings is 2. The van der Waals surface area contributed by atoms with E-state index in [2.05, 4.69) is 22.8 Å². The summed E-state index contributed by atoms with van der Waals surface area (Å²) in [4.78, 5) is 36.6. The van der Waals surface area contributed by atoms with Crippen molar-refractivity contribution in [3.63, 3.8) is 0 Å². The van der Waals surface area contributed by atoms with Crippen LogP contribution in [0.4, 0.5) is 4.79 Å². The molecule has 182 valence electrons. The largest absolute Gasteiger partial charge is 0.481 e. The van der Waals surface area contributed by atoms with Crippen molar-refractivity contribution in [1.82, 2.24) is 10.6 Å². The van der Waals surface area contributed by atoms with Crippen molar-refractivity contribution in [1.29, 1.82) is 0 Å². The molecule has 0 aromatic heterocycles. The van der Waals surface area contributed by atoms with E-state index in [1.165, 1.54) is 0 Å². The molecule has 0 aliphatic heterocycles. The zero-order valence-corrected chi connectivity index (χ0v) is 19.8. The lowest BCUT2D eigenvalue weighted by Crippen LogP contribution is -2.54. The number of carbonyl (C=O) groups excluding carboxylic acids is 2. The van der Waals surface area contributed by atoms with E-state index < -0.39 is 29.6 Å². The van der Waals surface area contributed by atoms with Gasteiger partial charge in [-0.15, -0.1) is 0 Å². The molecule has 0 radical (unpaired) electrons. The van der Waals surface area contributed by atoms with Crippen LogP contribution >= 0.6 is 0 Å². The number of hydrogen-bond donors (Lipinski definition) is 3. The molecule has 1 aliphatic rings. The van der Waals surface area contributed by atoms with Gasteiger partial charge in [0, 0.05) is 25.2 Å². The fraction of sp³-hybridized carbons (Fsp3) is 0.423. The molecule has 0 saturated heterocycles. The molecular formula is C26H32N2O6. The van der Waals surface area contributed by atoms with Gasteiger partial charge in [0.25, 0.3) is 0 Å². The lowest BCUT2D eigenvalue weighted by atomic mass is 9.98. The normalized spacial score (nSPS) is 13.5. The first-order valence-corrected chi connectivity index (χ1v) is 11.4. The molecule has 2 amide bonds. The molecule has 3 rings (SSSR count). The van der Waals surface area contributed by atoms with E-state index >= 15 is 0 Å². The fourth-order valence-electron chi connectivity index (χ4n) is 4.33. The van der Waals surface area contributed by atoms with Gasteiger partial charge in [-0.1, -0.05) is 48.5 Å². The third kappa shape index (κ3) is 6.35. The van der Waals surface area contributed by atoms with Crippen molar-refractivity contribution in [3.8, 4) is 11.1 Å². The zero-order chi connectivity index (χ0) is 24.7. The summed E-state index contributed by atoms with van der Waals surface area (Å²) in [5, 5.41) is 14.4. The average Bonchev–Trinajstić information content (AvgIpc) is 3.09. The van der Waals surface area contributed by atoms with Crippen LogP contribution in [0.3, 0.4) is 0 Å². The van der Waals surface area contributed by atoms with Gasteiger partial charge < -0.3 is 25.2 Å². The highest BCUT2D eigenvalue weighted by Gasteiger charge is 2.31. The molecule has 1 atom stereocenters. The van der Waals surface area contributed by atoms with Crippen LogP contribution in [0.5, 0.6) is 0 Å². The van der Waals surface area contributed by atoms with Crippen molar-refractivity contribution in [2.45, 2.75) is 50.6 Å². The number of carbonyl (C=O) groups is 3. The van der Waals surface area contributed by atoms with Gasteiger partial charge in [0.05, 0.1) is 6.42 Å². The molecular weight excluding hydrogens is 436 g/mol. The van der Waals surface area contributed by atoms with Crippen LogP contribution in [0, 0.1) is 0 Å². The monoisotopic (exact) mass is 468 g/mol. The van der Waals surface area contributed by atoms with E-state index in [1.54, 1.807) is 21.0 Å². The zero-order valence-electron chi connectivity index (χ0n) is 19.8. The summed E-state index contributed by atoms with van der Waals surface area (Å²) in [6.45, 7) is 3.81.